The molecule has 1 N–H and O–H groups in total. The van der Waals surface area contributed by atoms with Gasteiger partial charge in [0.25, 0.3) is 0 Å². The van der Waals surface area contributed by atoms with Gasteiger partial charge < -0.3 is 10.1 Å². The SMILES string of the molecule is CC(C)COC1CC(NC(C)c2cccc(F)c2)C1(C)C. The van der Waals surface area contributed by atoms with Gasteiger partial charge in [-0.1, -0.05) is 39.8 Å². The topological polar surface area (TPSA) is 21.3 Å². The molecule has 1 aliphatic rings. The minimum absolute atomic E-state index is 0.122. The van der Waals surface area contributed by atoms with Gasteiger partial charge in [0, 0.05) is 24.1 Å². The number of ether oxygens (including phenoxy) is 1. The number of benzene rings is 1. The van der Waals surface area contributed by atoms with Gasteiger partial charge in [0.2, 0.25) is 0 Å². The van der Waals surface area contributed by atoms with Crippen molar-refractivity contribution in [3.63, 3.8) is 0 Å². The van der Waals surface area contributed by atoms with E-state index in [1.807, 2.05) is 6.07 Å². The lowest BCUT2D eigenvalue weighted by Crippen LogP contribution is -2.61. The van der Waals surface area contributed by atoms with Crippen LogP contribution in [0.1, 0.15) is 52.6 Å². The predicted octanol–water partition coefficient (Wildman–Crippen LogP) is 4.32. The molecule has 2 nitrogen and oxygen atoms in total. The smallest absolute Gasteiger partial charge is 0.123 e. The maximum atomic E-state index is 13.3. The zero-order valence-electron chi connectivity index (χ0n) is 13.8. The van der Waals surface area contributed by atoms with Gasteiger partial charge in [-0.05, 0) is 37.0 Å². The van der Waals surface area contributed by atoms with Crippen molar-refractivity contribution in [2.24, 2.45) is 11.3 Å². The first kappa shape index (κ1) is 16.4. The van der Waals surface area contributed by atoms with E-state index in [1.165, 1.54) is 6.07 Å². The lowest BCUT2D eigenvalue weighted by atomic mass is 9.64. The summed E-state index contributed by atoms with van der Waals surface area (Å²) in [5.74, 6) is 0.395. The second-order valence-electron chi connectivity index (χ2n) is 7.27. The molecule has 118 valence electrons. The summed E-state index contributed by atoms with van der Waals surface area (Å²) in [7, 11) is 0. The first-order chi connectivity index (χ1) is 9.80. The Balaban J connectivity index is 1.90. The minimum atomic E-state index is -0.174. The van der Waals surface area contributed by atoms with Crippen LogP contribution in [-0.4, -0.2) is 18.8 Å². The van der Waals surface area contributed by atoms with Crippen LogP contribution in [-0.2, 0) is 4.74 Å². The van der Waals surface area contributed by atoms with Crippen LogP contribution in [0.2, 0.25) is 0 Å². The van der Waals surface area contributed by atoms with E-state index in [4.69, 9.17) is 4.74 Å². The lowest BCUT2D eigenvalue weighted by molar-refractivity contribution is -0.125. The van der Waals surface area contributed by atoms with Crippen LogP contribution in [0.25, 0.3) is 0 Å². The second kappa shape index (κ2) is 6.45. The number of hydrogen-bond donors (Lipinski definition) is 1. The first-order valence-corrected chi connectivity index (χ1v) is 7.93. The summed E-state index contributed by atoms with van der Waals surface area (Å²) in [5.41, 5.74) is 1.12. The molecule has 1 saturated carbocycles. The first-order valence-electron chi connectivity index (χ1n) is 7.93. The summed E-state index contributed by atoms with van der Waals surface area (Å²) in [6.45, 7) is 11.8. The van der Waals surface area contributed by atoms with Gasteiger partial charge in [0.15, 0.2) is 0 Å². The number of hydrogen-bond acceptors (Lipinski definition) is 2. The zero-order valence-corrected chi connectivity index (χ0v) is 13.8. The third-order valence-corrected chi connectivity index (χ3v) is 4.61. The summed E-state index contributed by atoms with van der Waals surface area (Å²) in [6, 6.07) is 7.39. The Morgan fingerprint density at radius 2 is 2.05 bits per heavy atom. The molecule has 0 spiro atoms. The molecule has 0 amide bonds. The molecule has 3 heteroatoms. The van der Waals surface area contributed by atoms with E-state index in [0.29, 0.717) is 18.1 Å². The third-order valence-electron chi connectivity index (χ3n) is 4.61. The number of halogens is 1. The van der Waals surface area contributed by atoms with E-state index in [0.717, 1.165) is 18.6 Å². The molecule has 0 aromatic heterocycles. The molecular weight excluding hydrogens is 265 g/mol. The van der Waals surface area contributed by atoms with Crippen molar-refractivity contribution in [3.8, 4) is 0 Å². The third kappa shape index (κ3) is 3.83. The van der Waals surface area contributed by atoms with Gasteiger partial charge in [-0.25, -0.2) is 4.39 Å². The largest absolute Gasteiger partial charge is 0.377 e. The maximum absolute atomic E-state index is 13.3. The van der Waals surface area contributed by atoms with Crippen LogP contribution in [0.4, 0.5) is 4.39 Å². The van der Waals surface area contributed by atoms with E-state index in [9.17, 15) is 4.39 Å². The van der Waals surface area contributed by atoms with Gasteiger partial charge in [-0.15, -0.1) is 0 Å². The summed E-state index contributed by atoms with van der Waals surface area (Å²) in [6.07, 6.45) is 1.34. The minimum Gasteiger partial charge on any atom is -0.377 e. The second-order valence-corrected chi connectivity index (χ2v) is 7.27. The van der Waals surface area contributed by atoms with Gasteiger partial charge in [-0.3, -0.25) is 0 Å². The quantitative estimate of drug-likeness (QED) is 0.843. The van der Waals surface area contributed by atoms with E-state index < -0.39 is 0 Å². The van der Waals surface area contributed by atoms with E-state index >= 15 is 0 Å². The van der Waals surface area contributed by atoms with E-state index in [-0.39, 0.29) is 17.3 Å². The fourth-order valence-corrected chi connectivity index (χ4v) is 2.93. The molecule has 1 aromatic rings. The molecule has 3 unspecified atom stereocenters. The Morgan fingerprint density at radius 1 is 1.33 bits per heavy atom. The number of rotatable bonds is 6. The van der Waals surface area contributed by atoms with Gasteiger partial charge in [0.05, 0.1) is 6.10 Å². The summed E-state index contributed by atoms with van der Waals surface area (Å²) < 4.78 is 19.3. The normalized spacial score (nSPS) is 25.7. The van der Waals surface area contributed by atoms with Crippen molar-refractivity contribution < 1.29 is 9.13 Å². The van der Waals surface area contributed by atoms with Crippen molar-refractivity contribution in [1.29, 1.82) is 0 Å². The van der Waals surface area contributed by atoms with E-state index in [1.54, 1.807) is 12.1 Å². The fourth-order valence-electron chi connectivity index (χ4n) is 2.93. The predicted molar refractivity (Wildman–Crippen MR) is 84.7 cm³/mol. The highest BCUT2D eigenvalue weighted by Gasteiger charge is 2.49. The summed E-state index contributed by atoms with van der Waals surface area (Å²) in [5, 5.41) is 3.62. The van der Waals surface area contributed by atoms with Crippen LogP contribution < -0.4 is 5.32 Å². The molecule has 2 rings (SSSR count). The maximum Gasteiger partial charge on any atom is 0.123 e. The lowest BCUT2D eigenvalue weighted by Gasteiger charge is -2.53. The zero-order chi connectivity index (χ0) is 15.6. The highest BCUT2D eigenvalue weighted by atomic mass is 19.1. The summed E-state index contributed by atoms with van der Waals surface area (Å²) in [4.78, 5) is 0. The molecular formula is C18H28FNO. The molecule has 1 fully saturated rings. The molecule has 0 heterocycles. The molecule has 0 saturated heterocycles. The molecule has 0 radical (unpaired) electrons. The molecule has 3 atom stereocenters. The van der Waals surface area contributed by atoms with E-state index in [2.05, 4.69) is 39.9 Å². The Hall–Kier alpha value is -0.930. The van der Waals surface area contributed by atoms with Crippen molar-refractivity contribution >= 4 is 0 Å². The molecule has 1 aromatic carbocycles. The van der Waals surface area contributed by atoms with Crippen LogP contribution in [0.5, 0.6) is 0 Å². The van der Waals surface area contributed by atoms with Gasteiger partial charge >= 0.3 is 0 Å². The average Bonchev–Trinajstić information content (AvgIpc) is 2.41. The van der Waals surface area contributed by atoms with Crippen molar-refractivity contribution in [1.82, 2.24) is 5.32 Å². The van der Waals surface area contributed by atoms with Crippen LogP contribution in [0.15, 0.2) is 24.3 Å². The average molecular weight is 293 g/mol. The molecule has 1 aliphatic carbocycles. The molecule has 21 heavy (non-hydrogen) atoms. The van der Waals surface area contributed by atoms with Crippen LogP contribution in [0.3, 0.4) is 0 Å². The number of nitrogens with one attached hydrogen (secondary N) is 1. The fraction of sp³-hybridized carbons (Fsp3) is 0.667. The van der Waals surface area contributed by atoms with Crippen LogP contribution in [0, 0.1) is 17.2 Å². The monoisotopic (exact) mass is 293 g/mol. The van der Waals surface area contributed by atoms with Crippen molar-refractivity contribution in [2.75, 3.05) is 6.61 Å². The van der Waals surface area contributed by atoms with Crippen molar-refractivity contribution in [3.05, 3.63) is 35.6 Å². The summed E-state index contributed by atoms with van der Waals surface area (Å²) >= 11 is 0. The Bertz CT molecular complexity index is 472. The Labute approximate surface area is 128 Å². The Kier molecular flexibility index (Phi) is 5.05. The van der Waals surface area contributed by atoms with Crippen molar-refractivity contribution in [2.45, 2.75) is 59.2 Å². The Morgan fingerprint density at radius 3 is 2.62 bits per heavy atom. The van der Waals surface area contributed by atoms with Crippen LogP contribution >= 0.6 is 0 Å². The van der Waals surface area contributed by atoms with Gasteiger partial charge in [-0.2, -0.15) is 0 Å². The molecule has 0 aliphatic heterocycles. The highest BCUT2D eigenvalue weighted by molar-refractivity contribution is 5.20. The molecule has 0 bridgehead atoms. The highest BCUT2D eigenvalue weighted by Crippen LogP contribution is 2.43. The van der Waals surface area contributed by atoms with Gasteiger partial charge in [0.1, 0.15) is 5.82 Å². The standard InChI is InChI=1S/C18H28FNO/c1-12(2)11-21-17-10-16(18(17,4)5)20-13(3)14-7-6-8-15(19)9-14/h6-9,12-13,16-17,20H,10-11H2,1-5H3.